The third-order valence-electron chi connectivity index (χ3n) is 1.83. The van der Waals surface area contributed by atoms with Crippen LogP contribution < -0.4 is 0 Å². The lowest BCUT2D eigenvalue weighted by atomic mass is 10.1. The second kappa shape index (κ2) is 8.60. The predicted molar refractivity (Wildman–Crippen MR) is 50.9 cm³/mol. The SMILES string of the molecule is C=COC(CCC)CCCCO. The zero-order valence-electron chi connectivity index (χ0n) is 7.96. The van der Waals surface area contributed by atoms with Crippen LogP contribution in [-0.4, -0.2) is 17.8 Å². The third kappa shape index (κ3) is 6.23. The molecule has 0 heterocycles. The average Bonchev–Trinajstić information content (AvgIpc) is 2.06. The van der Waals surface area contributed by atoms with Gasteiger partial charge in [0.1, 0.15) is 0 Å². The lowest BCUT2D eigenvalue weighted by molar-refractivity contribution is 0.121. The minimum atomic E-state index is 0.285. The molecule has 1 unspecified atom stereocenters. The third-order valence-corrected chi connectivity index (χ3v) is 1.83. The summed E-state index contributed by atoms with van der Waals surface area (Å²) in [4.78, 5) is 0. The number of hydrogen-bond donors (Lipinski definition) is 1. The Hall–Kier alpha value is -0.500. The van der Waals surface area contributed by atoms with Gasteiger partial charge in [0.2, 0.25) is 0 Å². The van der Waals surface area contributed by atoms with E-state index in [4.69, 9.17) is 9.84 Å². The van der Waals surface area contributed by atoms with E-state index in [9.17, 15) is 0 Å². The molecule has 1 N–H and O–H groups in total. The molecule has 0 bridgehead atoms. The van der Waals surface area contributed by atoms with Crippen molar-refractivity contribution in [2.75, 3.05) is 6.61 Å². The maximum absolute atomic E-state index is 8.58. The Morgan fingerprint density at radius 3 is 2.67 bits per heavy atom. The Kier molecular flexibility index (Phi) is 8.24. The zero-order valence-corrected chi connectivity index (χ0v) is 7.96. The highest BCUT2D eigenvalue weighted by molar-refractivity contribution is 4.62. The molecule has 0 saturated carbocycles. The predicted octanol–water partition coefficient (Wildman–Crippen LogP) is 2.48. The van der Waals surface area contributed by atoms with E-state index >= 15 is 0 Å². The topological polar surface area (TPSA) is 29.5 Å². The second-order valence-electron chi connectivity index (χ2n) is 2.93. The fourth-order valence-electron chi connectivity index (χ4n) is 1.22. The van der Waals surface area contributed by atoms with Crippen LogP contribution in [0.5, 0.6) is 0 Å². The molecule has 0 rings (SSSR count). The summed E-state index contributed by atoms with van der Waals surface area (Å²) in [5.74, 6) is 0. The molecule has 0 aromatic carbocycles. The Labute approximate surface area is 75.2 Å². The Balaban J connectivity index is 3.40. The van der Waals surface area contributed by atoms with Gasteiger partial charge >= 0.3 is 0 Å². The number of aliphatic hydroxyl groups excluding tert-OH is 1. The standard InChI is InChI=1S/C10H20O2/c1-3-7-10(12-4-2)8-5-6-9-11/h4,10-11H,2-3,5-9H2,1H3. The normalized spacial score (nSPS) is 12.5. The van der Waals surface area contributed by atoms with Crippen LogP contribution in [0.2, 0.25) is 0 Å². The van der Waals surface area contributed by atoms with Gasteiger partial charge in [-0.05, 0) is 25.7 Å². The zero-order chi connectivity index (χ0) is 9.23. The molecule has 0 aromatic heterocycles. The van der Waals surface area contributed by atoms with Gasteiger partial charge in [0, 0.05) is 6.61 Å². The fraction of sp³-hybridized carbons (Fsp3) is 0.800. The van der Waals surface area contributed by atoms with Gasteiger partial charge in [0.05, 0.1) is 12.4 Å². The van der Waals surface area contributed by atoms with Crippen molar-refractivity contribution in [1.82, 2.24) is 0 Å². The van der Waals surface area contributed by atoms with Gasteiger partial charge in [0.15, 0.2) is 0 Å². The van der Waals surface area contributed by atoms with E-state index in [0.29, 0.717) is 6.10 Å². The van der Waals surface area contributed by atoms with E-state index in [1.165, 1.54) is 6.26 Å². The van der Waals surface area contributed by atoms with Gasteiger partial charge in [0.25, 0.3) is 0 Å². The van der Waals surface area contributed by atoms with Crippen LogP contribution in [0.25, 0.3) is 0 Å². The summed E-state index contributed by atoms with van der Waals surface area (Å²) in [5.41, 5.74) is 0. The molecule has 12 heavy (non-hydrogen) atoms. The molecule has 0 aliphatic carbocycles. The van der Waals surface area contributed by atoms with Gasteiger partial charge in [-0.2, -0.15) is 0 Å². The highest BCUT2D eigenvalue weighted by Gasteiger charge is 2.05. The van der Waals surface area contributed by atoms with Crippen molar-refractivity contribution in [2.45, 2.75) is 45.1 Å². The second-order valence-corrected chi connectivity index (χ2v) is 2.93. The molecule has 0 spiro atoms. The number of ether oxygens (including phenoxy) is 1. The number of hydrogen-bond acceptors (Lipinski definition) is 2. The molecular weight excluding hydrogens is 152 g/mol. The molecule has 1 atom stereocenters. The van der Waals surface area contributed by atoms with Crippen molar-refractivity contribution in [3.05, 3.63) is 12.8 Å². The van der Waals surface area contributed by atoms with Crippen LogP contribution >= 0.6 is 0 Å². The molecule has 72 valence electrons. The van der Waals surface area contributed by atoms with Gasteiger partial charge in [-0.3, -0.25) is 0 Å². The van der Waals surface area contributed by atoms with E-state index in [2.05, 4.69) is 13.5 Å². The minimum Gasteiger partial charge on any atom is -0.499 e. The summed E-state index contributed by atoms with van der Waals surface area (Å²) in [6.45, 7) is 5.97. The highest BCUT2D eigenvalue weighted by atomic mass is 16.5. The van der Waals surface area contributed by atoms with Crippen LogP contribution in [0.3, 0.4) is 0 Å². The monoisotopic (exact) mass is 172 g/mol. The van der Waals surface area contributed by atoms with E-state index in [-0.39, 0.29) is 6.61 Å². The summed E-state index contributed by atoms with van der Waals surface area (Å²) >= 11 is 0. The van der Waals surface area contributed by atoms with Crippen LogP contribution in [-0.2, 0) is 4.74 Å². The smallest absolute Gasteiger partial charge is 0.0978 e. The lowest BCUT2D eigenvalue weighted by Crippen LogP contribution is -2.09. The van der Waals surface area contributed by atoms with Crippen LogP contribution in [0.1, 0.15) is 39.0 Å². The number of aliphatic hydroxyl groups is 1. The Bertz CT molecular complexity index is 102. The Morgan fingerprint density at radius 2 is 2.17 bits per heavy atom. The van der Waals surface area contributed by atoms with Gasteiger partial charge < -0.3 is 9.84 Å². The molecule has 0 aromatic rings. The van der Waals surface area contributed by atoms with Crippen molar-refractivity contribution in [3.8, 4) is 0 Å². The van der Waals surface area contributed by atoms with Crippen LogP contribution in [0.4, 0.5) is 0 Å². The molecule has 0 aliphatic rings. The highest BCUT2D eigenvalue weighted by Crippen LogP contribution is 2.10. The van der Waals surface area contributed by atoms with E-state index in [1.54, 1.807) is 0 Å². The molecule has 2 nitrogen and oxygen atoms in total. The summed E-state index contributed by atoms with van der Waals surface area (Å²) < 4.78 is 5.31. The molecule has 0 radical (unpaired) electrons. The van der Waals surface area contributed by atoms with Crippen molar-refractivity contribution < 1.29 is 9.84 Å². The van der Waals surface area contributed by atoms with Crippen molar-refractivity contribution >= 4 is 0 Å². The Morgan fingerprint density at radius 1 is 1.42 bits per heavy atom. The molecular formula is C10H20O2. The van der Waals surface area contributed by atoms with E-state index in [1.807, 2.05) is 0 Å². The van der Waals surface area contributed by atoms with Gasteiger partial charge in [-0.1, -0.05) is 19.9 Å². The number of unbranched alkanes of at least 4 members (excludes halogenated alkanes) is 1. The summed E-state index contributed by atoms with van der Waals surface area (Å²) in [6, 6.07) is 0. The first-order chi connectivity index (χ1) is 5.85. The summed E-state index contributed by atoms with van der Waals surface area (Å²) in [7, 11) is 0. The fourth-order valence-corrected chi connectivity index (χ4v) is 1.22. The first-order valence-corrected chi connectivity index (χ1v) is 4.72. The lowest BCUT2D eigenvalue weighted by Gasteiger charge is -2.14. The van der Waals surface area contributed by atoms with Crippen molar-refractivity contribution in [1.29, 1.82) is 0 Å². The van der Waals surface area contributed by atoms with Crippen LogP contribution in [0, 0.1) is 0 Å². The van der Waals surface area contributed by atoms with Crippen molar-refractivity contribution in [2.24, 2.45) is 0 Å². The number of rotatable bonds is 8. The van der Waals surface area contributed by atoms with E-state index in [0.717, 1.165) is 32.1 Å². The van der Waals surface area contributed by atoms with E-state index < -0.39 is 0 Å². The van der Waals surface area contributed by atoms with Gasteiger partial charge in [-0.15, -0.1) is 0 Å². The molecule has 0 aliphatic heterocycles. The summed E-state index contributed by atoms with van der Waals surface area (Å²) in [6.07, 6.45) is 6.98. The largest absolute Gasteiger partial charge is 0.499 e. The minimum absolute atomic E-state index is 0.285. The molecule has 0 fully saturated rings. The average molecular weight is 172 g/mol. The molecule has 2 heteroatoms. The first-order valence-electron chi connectivity index (χ1n) is 4.72. The maximum atomic E-state index is 8.58. The van der Waals surface area contributed by atoms with Gasteiger partial charge in [-0.25, -0.2) is 0 Å². The molecule has 0 saturated heterocycles. The summed E-state index contributed by atoms with van der Waals surface area (Å²) in [5, 5.41) is 8.58. The first kappa shape index (κ1) is 11.5. The quantitative estimate of drug-likeness (QED) is 0.450. The van der Waals surface area contributed by atoms with Crippen molar-refractivity contribution in [3.63, 3.8) is 0 Å². The molecule has 0 amide bonds. The van der Waals surface area contributed by atoms with Crippen LogP contribution in [0.15, 0.2) is 12.8 Å². The maximum Gasteiger partial charge on any atom is 0.0978 e.